The first kappa shape index (κ1) is 25.0. The highest BCUT2D eigenvalue weighted by Gasteiger charge is 2.34. The van der Waals surface area contributed by atoms with E-state index in [0.717, 1.165) is 40.8 Å². The van der Waals surface area contributed by atoms with Crippen LogP contribution in [0.2, 0.25) is 0 Å². The minimum absolute atomic E-state index is 0.0952. The van der Waals surface area contributed by atoms with E-state index in [1.165, 1.54) is 30.6 Å². The molecule has 4 rings (SSSR count). The lowest BCUT2D eigenvalue weighted by Crippen LogP contribution is -2.13. The zero-order chi connectivity index (χ0) is 25.0. The Morgan fingerprint density at radius 3 is 2.63 bits per heavy atom. The number of carbonyl (C=O) groups is 1. The highest BCUT2D eigenvalue weighted by atomic mass is 32.1. The number of esters is 1. The Hall–Kier alpha value is -3.07. The molecule has 35 heavy (non-hydrogen) atoms. The largest absolute Gasteiger partial charge is 0.493 e. The van der Waals surface area contributed by atoms with Gasteiger partial charge in [-0.2, -0.15) is 13.2 Å². The average Bonchev–Trinajstić information content (AvgIpc) is 3.57. The summed E-state index contributed by atoms with van der Waals surface area (Å²) >= 11 is 1.35. The van der Waals surface area contributed by atoms with Crippen LogP contribution in [0.3, 0.4) is 0 Å². The summed E-state index contributed by atoms with van der Waals surface area (Å²) in [5.74, 6) is 1.42. The molecule has 0 amide bonds. The molecule has 1 aliphatic rings. The first-order valence-corrected chi connectivity index (χ1v) is 12.2. The Kier molecular flexibility index (Phi) is 7.64. The van der Waals surface area contributed by atoms with Crippen LogP contribution < -0.4 is 9.47 Å². The van der Waals surface area contributed by atoms with Crippen LogP contribution >= 0.6 is 11.3 Å². The van der Waals surface area contributed by atoms with Crippen LogP contribution in [0, 0.1) is 6.92 Å². The van der Waals surface area contributed by atoms with E-state index in [1.54, 1.807) is 11.4 Å². The molecule has 1 heterocycles. The zero-order valence-electron chi connectivity index (χ0n) is 19.5. The maximum absolute atomic E-state index is 13.3. The van der Waals surface area contributed by atoms with Crippen LogP contribution in [-0.2, 0) is 22.1 Å². The lowest BCUT2D eigenvalue weighted by atomic mass is 10.1. The quantitative estimate of drug-likeness (QED) is 0.230. The number of methoxy groups -OCH3 is 1. The van der Waals surface area contributed by atoms with Crippen molar-refractivity contribution in [3.05, 3.63) is 63.5 Å². The normalized spacial score (nSPS) is 13.5. The summed E-state index contributed by atoms with van der Waals surface area (Å²) in [7, 11) is 1.32. The van der Waals surface area contributed by atoms with Gasteiger partial charge < -0.3 is 14.2 Å². The summed E-state index contributed by atoms with van der Waals surface area (Å²) in [6.07, 6.45) is -0.978. The Labute approximate surface area is 205 Å². The summed E-state index contributed by atoms with van der Waals surface area (Å²) in [5, 5.41) is 2.44. The molecule has 186 valence electrons. The summed E-state index contributed by atoms with van der Waals surface area (Å²) in [6, 6.07) is 9.36. The number of aromatic nitrogens is 1. The van der Waals surface area contributed by atoms with Crippen molar-refractivity contribution in [3.63, 3.8) is 0 Å². The number of hydrogen-bond acceptors (Lipinski definition) is 6. The van der Waals surface area contributed by atoms with Crippen molar-refractivity contribution in [3.8, 4) is 22.8 Å². The Morgan fingerprint density at radius 1 is 1.14 bits per heavy atom. The van der Waals surface area contributed by atoms with Crippen molar-refractivity contribution in [2.75, 3.05) is 20.3 Å². The average molecular weight is 506 g/mol. The van der Waals surface area contributed by atoms with Gasteiger partial charge in [-0.15, -0.1) is 11.3 Å². The summed E-state index contributed by atoms with van der Waals surface area (Å²) in [5.41, 5.74) is 1.69. The molecule has 9 heteroatoms. The smallest absolute Gasteiger partial charge is 0.417 e. The van der Waals surface area contributed by atoms with Gasteiger partial charge in [0.2, 0.25) is 0 Å². The molecule has 0 atom stereocenters. The first-order valence-electron chi connectivity index (χ1n) is 11.3. The molecule has 2 aromatic carbocycles. The molecule has 0 aliphatic heterocycles. The van der Waals surface area contributed by atoms with Gasteiger partial charge in [-0.1, -0.05) is 18.2 Å². The maximum Gasteiger partial charge on any atom is 0.417 e. The molecule has 0 unspecified atom stereocenters. The van der Waals surface area contributed by atoms with Gasteiger partial charge in [-0.05, 0) is 55.9 Å². The van der Waals surface area contributed by atoms with Crippen LogP contribution in [0.4, 0.5) is 13.2 Å². The van der Waals surface area contributed by atoms with Gasteiger partial charge in [0.1, 0.15) is 11.5 Å². The Morgan fingerprint density at radius 2 is 1.91 bits per heavy atom. The van der Waals surface area contributed by atoms with Crippen LogP contribution in [-0.4, -0.2) is 31.3 Å². The van der Waals surface area contributed by atoms with Crippen molar-refractivity contribution in [1.29, 1.82) is 0 Å². The molecule has 0 radical (unpaired) electrons. The van der Waals surface area contributed by atoms with Gasteiger partial charge in [0.15, 0.2) is 6.61 Å². The third-order valence-corrected chi connectivity index (χ3v) is 6.66. The van der Waals surface area contributed by atoms with Crippen molar-refractivity contribution in [1.82, 2.24) is 4.98 Å². The minimum Gasteiger partial charge on any atom is -0.493 e. The number of carbonyl (C=O) groups excluding carboxylic acids is 1. The predicted molar refractivity (Wildman–Crippen MR) is 127 cm³/mol. The number of nitrogens with zero attached hydrogens (tertiary/aromatic N) is 1. The third-order valence-electron chi connectivity index (χ3n) is 5.75. The number of ether oxygens (including phenoxy) is 3. The number of aryl methyl sites for hydroxylation is 2. The minimum atomic E-state index is -4.43. The SMILES string of the molecule is COC(=O)COc1cc(C2CC2)c(OCCCc2nc(-c3ccccc3C(F)(F)F)cs2)cc1C. The monoisotopic (exact) mass is 505 g/mol. The molecule has 0 bridgehead atoms. The van der Waals surface area contributed by atoms with E-state index >= 15 is 0 Å². The van der Waals surface area contributed by atoms with Gasteiger partial charge in [0, 0.05) is 22.9 Å². The number of halogens is 3. The van der Waals surface area contributed by atoms with E-state index in [2.05, 4.69) is 9.72 Å². The molecule has 0 spiro atoms. The third kappa shape index (κ3) is 6.33. The topological polar surface area (TPSA) is 57.7 Å². The van der Waals surface area contributed by atoms with E-state index in [1.807, 2.05) is 19.1 Å². The number of thiazole rings is 1. The number of benzene rings is 2. The molecular weight excluding hydrogens is 479 g/mol. The van der Waals surface area contributed by atoms with Gasteiger partial charge >= 0.3 is 12.1 Å². The zero-order valence-corrected chi connectivity index (χ0v) is 20.3. The molecule has 1 saturated carbocycles. The standard InChI is InChI=1S/C26H26F3NO4S/c1-16-12-23(19(17-9-10-17)13-22(16)34-14-25(31)32-2)33-11-5-8-24-30-21(15-35-24)18-6-3-4-7-20(18)26(27,28)29/h3-4,6-7,12-13,15,17H,5,8-11,14H2,1-2H3. The molecule has 1 aliphatic carbocycles. The van der Waals surface area contributed by atoms with Crippen molar-refractivity contribution in [2.24, 2.45) is 0 Å². The van der Waals surface area contributed by atoms with Crippen LogP contribution in [0.15, 0.2) is 41.8 Å². The predicted octanol–water partition coefficient (Wildman–Crippen LogP) is 6.58. The van der Waals surface area contributed by atoms with Crippen molar-refractivity contribution in [2.45, 2.75) is 44.7 Å². The highest BCUT2D eigenvalue weighted by molar-refractivity contribution is 7.09. The Balaban J connectivity index is 1.37. The summed E-state index contributed by atoms with van der Waals surface area (Å²) in [4.78, 5) is 15.8. The fraction of sp³-hybridized carbons (Fsp3) is 0.385. The molecule has 1 aromatic heterocycles. The van der Waals surface area contributed by atoms with Crippen LogP contribution in [0.1, 0.15) is 46.9 Å². The second-order valence-corrected chi connectivity index (χ2v) is 9.36. The maximum atomic E-state index is 13.3. The molecular formula is C26H26F3NO4S. The van der Waals surface area contributed by atoms with Gasteiger partial charge in [0.25, 0.3) is 0 Å². The Bertz CT molecular complexity index is 1190. The fourth-order valence-electron chi connectivity index (χ4n) is 3.78. The van der Waals surface area contributed by atoms with E-state index < -0.39 is 17.7 Å². The molecule has 0 N–H and O–H groups in total. The number of rotatable bonds is 10. The summed E-state index contributed by atoms with van der Waals surface area (Å²) < 4.78 is 56.3. The van der Waals surface area contributed by atoms with Crippen molar-refractivity contribution < 1.29 is 32.2 Å². The van der Waals surface area contributed by atoms with Gasteiger partial charge in [-0.25, -0.2) is 9.78 Å². The van der Waals surface area contributed by atoms with Crippen LogP contribution in [0.25, 0.3) is 11.3 Å². The summed E-state index contributed by atoms with van der Waals surface area (Å²) in [6.45, 7) is 2.20. The molecule has 5 nitrogen and oxygen atoms in total. The van der Waals surface area contributed by atoms with E-state index in [0.29, 0.717) is 36.8 Å². The highest BCUT2D eigenvalue weighted by Crippen LogP contribution is 2.46. The number of alkyl halides is 3. The molecule has 0 saturated heterocycles. The lowest BCUT2D eigenvalue weighted by Gasteiger charge is -2.15. The fourth-order valence-corrected chi connectivity index (χ4v) is 4.62. The van der Waals surface area contributed by atoms with Crippen LogP contribution in [0.5, 0.6) is 11.5 Å². The molecule has 1 fully saturated rings. The van der Waals surface area contributed by atoms with Crippen molar-refractivity contribution >= 4 is 17.3 Å². The molecule has 3 aromatic rings. The van der Waals surface area contributed by atoms with E-state index in [4.69, 9.17) is 9.47 Å². The van der Waals surface area contributed by atoms with Gasteiger partial charge in [-0.3, -0.25) is 0 Å². The second kappa shape index (κ2) is 10.7. The van der Waals surface area contributed by atoms with Gasteiger partial charge in [0.05, 0.1) is 30.0 Å². The van der Waals surface area contributed by atoms with E-state index in [9.17, 15) is 18.0 Å². The number of hydrogen-bond donors (Lipinski definition) is 0. The van der Waals surface area contributed by atoms with E-state index in [-0.39, 0.29) is 12.2 Å². The first-order chi connectivity index (χ1) is 16.8. The second-order valence-electron chi connectivity index (χ2n) is 8.42. The lowest BCUT2D eigenvalue weighted by molar-refractivity contribution is -0.143.